The third-order valence-electron chi connectivity index (χ3n) is 3.15. The SMILES string of the molecule is CC[C]1[C](C)[C](C)[C](C)[C]1C.[As]1[As][As][As][As]1.[Fe]. The van der Waals surface area contributed by atoms with E-state index in [-0.39, 0.29) is 17.1 Å². The standard InChI is InChI=1S/C11H17.As5.Fe/c1-6-11-9(4)7(2)8(3)10(11)5;1-2-4-5-3-1;/h6H2,1-5H3;;. The molecule has 0 bridgehead atoms. The van der Waals surface area contributed by atoms with Crippen molar-refractivity contribution in [3.8, 4) is 0 Å². The summed E-state index contributed by atoms with van der Waals surface area (Å²) in [4.78, 5) is 0. The van der Waals surface area contributed by atoms with Crippen molar-refractivity contribution < 1.29 is 17.1 Å². The molecule has 0 N–H and O–H groups in total. The van der Waals surface area contributed by atoms with Gasteiger partial charge in [-0.1, -0.05) is 34.6 Å². The third kappa shape index (κ3) is 6.30. The zero-order valence-electron chi connectivity index (χ0n) is 10.8. The first-order valence-electron chi connectivity index (χ1n) is 5.31. The van der Waals surface area contributed by atoms with Crippen molar-refractivity contribution >= 4 is 58.1 Å². The molecule has 1 saturated heterocycles. The van der Waals surface area contributed by atoms with Crippen LogP contribution in [0.15, 0.2) is 0 Å². The van der Waals surface area contributed by atoms with Gasteiger partial charge in [-0.05, 0) is 36.0 Å². The molecule has 2 rings (SSSR count). The van der Waals surface area contributed by atoms with Crippen molar-refractivity contribution in [1.29, 1.82) is 0 Å². The van der Waals surface area contributed by atoms with Gasteiger partial charge in [0.1, 0.15) is 0 Å². The largest absolute Gasteiger partial charge is 0 e. The van der Waals surface area contributed by atoms with E-state index < -0.39 is 0 Å². The van der Waals surface area contributed by atoms with Crippen molar-refractivity contribution in [3.63, 3.8) is 0 Å². The molecule has 17 heavy (non-hydrogen) atoms. The fourth-order valence-corrected chi connectivity index (χ4v) is 341. The van der Waals surface area contributed by atoms with Gasteiger partial charge >= 0.3 is 58.1 Å². The second-order valence-corrected chi connectivity index (χ2v) is 66.1. The molecule has 1 aliphatic heterocycles. The number of hydrogen-bond acceptors (Lipinski definition) is 0. The minimum absolute atomic E-state index is 0. The van der Waals surface area contributed by atoms with Crippen molar-refractivity contribution in [2.24, 2.45) is 0 Å². The maximum atomic E-state index is 2.23. The molecule has 10 radical (unpaired) electrons. The van der Waals surface area contributed by atoms with Crippen molar-refractivity contribution in [1.82, 2.24) is 0 Å². The van der Waals surface area contributed by atoms with E-state index in [1.807, 2.05) is 0 Å². The summed E-state index contributed by atoms with van der Waals surface area (Å²) in [6.07, 6.45) is 1.17. The Bertz CT molecular complexity index is 179. The molecular weight excluding hydrogens is 563 g/mol. The number of rotatable bonds is 1. The second kappa shape index (κ2) is 11.0. The Balaban J connectivity index is 0.000000360. The summed E-state index contributed by atoms with van der Waals surface area (Å²) in [5, 5.41) is 0. The molecule has 1 heterocycles. The first kappa shape index (κ1) is 20.3. The maximum absolute atomic E-state index is 2.23. The van der Waals surface area contributed by atoms with Crippen molar-refractivity contribution in [3.05, 3.63) is 29.6 Å². The summed E-state index contributed by atoms with van der Waals surface area (Å²) in [6, 6.07) is 0. The fraction of sp³-hybridized carbons (Fsp3) is 0.545. The van der Waals surface area contributed by atoms with Gasteiger partial charge in [0.15, 0.2) is 0 Å². The molecule has 1 saturated carbocycles. The van der Waals surface area contributed by atoms with E-state index in [2.05, 4.69) is 34.6 Å². The van der Waals surface area contributed by atoms with E-state index in [4.69, 9.17) is 0 Å². The third-order valence-corrected chi connectivity index (χ3v) is 149. The molecule has 6 heteroatoms. The van der Waals surface area contributed by atoms with E-state index >= 15 is 0 Å². The van der Waals surface area contributed by atoms with E-state index in [1.54, 1.807) is 5.92 Å². The Morgan fingerprint density at radius 1 is 0.647 bits per heavy atom. The van der Waals surface area contributed by atoms with Crippen LogP contribution in [-0.2, 0) is 17.1 Å². The molecule has 0 unspecified atom stereocenters. The minimum atomic E-state index is 0. The fourth-order valence-electron chi connectivity index (χ4n) is 1.92. The number of hydrogen-bond donors (Lipinski definition) is 0. The van der Waals surface area contributed by atoms with E-state index in [1.165, 1.54) is 30.1 Å². The first-order valence-corrected chi connectivity index (χ1v) is 31.3. The van der Waals surface area contributed by atoms with Crippen molar-refractivity contribution in [2.45, 2.75) is 41.0 Å². The predicted molar refractivity (Wildman–Crippen MR) is 78.0 cm³/mol. The van der Waals surface area contributed by atoms with Gasteiger partial charge in [0.05, 0.1) is 0 Å². The van der Waals surface area contributed by atoms with Gasteiger partial charge in [-0.2, -0.15) is 0 Å². The van der Waals surface area contributed by atoms with Crippen LogP contribution in [0.5, 0.6) is 0 Å². The molecule has 0 spiro atoms. The summed E-state index contributed by atoms with van der Waals surface area (Å²) in [6.45, 7) is 11.1. The molecule has 0 nitrogen and oxygen atoms in total. The van der Waals surface area contributed by atoms with Gasteiger partial charge in [0.25, 0.3) is 0 Å². The molecule has 0 amide bonds. The van der Waals surface area contributed by atoms with Gasteiger partial charge in [-0.15, -0.1) is 0 Å². The Hall–Kier alpha value is 3.31. The van der Waals surface area contributed by atoms with Gasteiger partial charge in [-0.25, -0.2) is 0 Å². The summed E-state index contributed by atoms with van der Waals surface area (Å²) < 4.78 is 0. The Kier molecular flexibility index (Phi) is 13.1. The van der Waals surface area contributed by atoms with Crippen LogP contribution in [0.4, 0.5) is 0 Å². The van der Waals surface area contributed by atoms with E-state index in [9.17, 15) is 0 Å². The van der Waals surface area contributed by atoms with Gasteiger partial charge in [0, 0.05) is 17.1 Å². The quantitative estimate of drug-likeness (QED) is 0.413. The van der Waals surface area contributed by atoms with Crippen LogP contribution in [-0.4, -0.2) is 58.1 Å². The van der Waals surface area contributed by atoms with Crippen LogP contribution < -0.4 is 0 Å². The van der Waals surface area contributed by atoms with Crippen LogP contribution in [0.1, 0.15) is 41.0 Å². The van der Waals surface area contributed by atoms with Crippen molar-refractivity contribution in [2.75, 3.05) is 0 Å². The maximum Gasteiger partial charge on any atom is 0 e. The first-order chi connectivity index (χ1) is 7.59. The van der Waals surface area contributed by atoms with Gasteiger partial charge in [-0.3, -0.25) is 0 Å². The molecule has 0 aromatic carbocycles. The Labute approximate surface area is 143 Å². The van der Waals surface area contributed by atoms with Gasteiger partial charge in [0.2, 0.25) is 0 Å². The van der Waals surface area contributed by atoms with Gasteiger partial charge < -0.3 is 0 Å². The normalized spacial score (nSPS) is 31.6. The predicted octanol–water partition coefficient (Wildman–Crippen LogP) is 1.46. The zero-order chi connectivity index (χ0) is 12.1. The summed E-state index contributed by atoms with van der Waals surface area (Å²) in [7, 11) is 0. The average molecular weight is 580 g/mol. The molecule has 0 atom stereocenters. The summed E-state index contributed by atoms with van der Waals surface area (Å²) >= 11 is 5.62. The second-order valence-electron chi connectivity index (χ2n) is 3.78. The van der Waals surface area contributed by atoms with Crippen LogP contribution in [0.2, 0.25) is 0 Å². The molecular formula is C11H17As5Fe. The molecule has 0 aromatic heterocycles. The zero-order valence-corrected chi connectivity index (χ0v) is 21.3. The molecule has 2 aliphatic rings. The summed E-state index contributed by atoms with van der Waals surface area (Å²) in [5.74, 6) is 7.53. The molecule has 1 aliphatic carbocycles. The van der Waals surface area contributed by atoms with E-state index in [0.717, 1.165) is 58.1 Å². The van der Waals surface area contributed by atoms with Crippen LogP contribution in [0.25, 0.3) is 0 Å². The van der Waals surface area contributed by atoms with Crippen LogP contribution in [0, 0.1) is 29.6 Å². The van der Waals surface area contributed by atoms with E-state index in [0.29, 0.717) is 0 Å². The molecule has 94 valence electrons. The average Bonchev–Trinajstić information content (AvgIpc) is 2.90. The Morgan fingerprint density at radius 3 is 1.12 bits per heavy atom. The Morgan fingerprint density at radius 2 is 0.941 bits per heavy atom. The minimum Gasteiger partial charge on any atom is 0 e. The smallest absolute Gasteiger partial charge is 0 e. The van der Waals surface area contributed by atoms with Crippen LogP contribution >= 0.6 is 0 Å². The molecule has 2 fully saturated rings. The summed E-state index contributed by atoms with van der Waals surface area (Å²) in [5.41, 5.74) is 0. The molecule has 0 aromatic rings. The topological polar surface area (TPSA) is 0 Å². The van der Waals surface area contributed by atoms with Crippen LogP contribution in [0.3, 0.4) is 0 Å². The monoisotopic (exact) mass is 580 g/mol.